The number of nitrogens with zero attached hydrogens (tertiary/aromatic N) is 2. The van der Waals surface area contributed by atoms with Crippen LogP contribution < -0.4 is 11.3 Å². The fourth-order valence-electron chi connectivity index (χ4n) is 1.62. The van der Waals surface area contributed by atoms with E-state index in [0.717, 1.165) is 11.8 Å². The van der Waals surface area contributed by atoms with Crippen LogP contribution in [-0.2, 0) is 0 Å². The van der Waals surface area contributed by atoms with E-state index < -0.39 is 17.7 Å². The van der Waals surface area contributed by atoms with Crippen molar-refractivity contribution >= 4 is 0 Å². The van der Waals surface area contributed by atoms with Crippen LogP contribution in [0, 0.1) is 18.6 Å². The zero-order valence-corrected chi connectivity index (χ0v) is 9.69. The standard InChI is InChI=1S/C12H12F2N4/c1-7-5-17-11(6-16-7)12(18-15)9-3-2-8(13)4-10(9)14/h2-6,12,18H,15H2,1H3. The van der Waals surface area contributed by atoms with E-state index in [9.17, 15) is 8.78 Å². The van der Waals surface area contributed by atoms with Gasteiger partial charge in [0.05, 0.1) is 23.6 Å². The van der Waals surface area contributed by atoms with Crippen molar-refractivity contribution in [1.29, 1.82) is 0 Å². The Kier molecular flexibility index (Phi) is 3.59. The van der Waals surface area contributed by atoms with E-state index in [2.05, 4.69) is 15.4 Å². The zero-order valence-electron chi connectivity index (χ0n) is 9.69. The van der Waals surface area contributed by atoms with Crippen molar-refractivity contribution in [2.75, 3.05) is 0 Å². The third-order valence-corrected chi connectivity index (χ3v) is 2.54. The number of nitrogens with two attached hydrogens (primary N) is 1. The van der Waals surface area contributed by atoms with E-state index in [1.807, 2.05) is 0 Å². The normalized spacial score (nSPS) is 12.4. The third kappa shape index (κ3) is 2.49. The monoisotopic (exact) mass is 250 g/mol. The molecule has 6 heteroatoms. The summed E-state index contributed by atoms with van der Waals surface area (Å²) in [5.74, 6) is 4.09. The average Bonchev–Trinajstić information content (AvgIpc) is 2.35. The lowest BCUT2D eigenvalue weighted by molar-refractivity contribution is 0.535. The van der Waals surface area contributed by atoms with E-state index in [0.29, 0.717) is 5.69 Å². The van der Waals surface area contributed by atoms with Crippen molar-refractivity contribution in [3.8, 4) is 0 Å². The Morgan fingerprint density at radius 1 is 1.22 bits per heavy atom. The highest BCUT2D eigenvalue weighted by atomic mass is 19.1. The molecule has 1 heterocycles. The molecule has 0 amide bonds. The maximum atomic E-state index is 13.7. The molecule has 3 N–H and O–H groups in total. The number of aromatic nitrogens is 2. The summed E-state index contributed by atoms with van der Waals surface area (Å²) in [5, 5.41) is 0. The van der Waals surface area contributed by atoms with Gasteiger partial charge in [-0.05, 0) is 13.0 Å². The van der Waals surface area contributed by atoms with Gasteiger partial charge in [-0.25, -0.2) is 14.2 Å². The summed E-state index contributed by atoms with van der Waals surface area (Å²) >= 11 is 0. The Morgan fingerprint density at radius 3 is 2.56 bits per heavy atom. The van der Waals surface area contributed by atoms with Gasteiger partial charge < -0.3 is 0 Å². The summed E-state index contributed by atoms with van der Waals surface area (Å²) in [6.45, 7) is 1.79. The van der Waals surface area contributed by atoms with E-state index in [1.165, 1.54) is 18.3 Å². The molecule has 0 fully saturated rings. The minimum absolute atomic E-state index is 0.219. The molecule has 0 aliphatic rings. The summed E-state index contributed by atoms with van der Waals surface area (Å²) in [6.07, 6.45) is 3.06. The van der Waals surface area contributed by atoms with Crippen LogP contribution in [0.3, 0.4) is 0 Å². The number of nitrogens with one attached hydrogen (secondary N) is 1. The van der Waals surface area contributed by atoms with Crippen LogP contribution in [0.1, 0.15) is 23.0 Å². The molecule has 0 saturated heterocycles. The summed E-state index contributed by atoms with van der Waals surface area (Å²) in [7, 11) is 0. The molecule has 1 atom stereocenters. The molecule has 0 aliphatic heterocycles. The molecule has 2 rings (SSSR count). The van der Waals surface area contributed by atoms with Crippen LogP contribution in [0.4, 0.5) is 8.78 Å². The number of aryl methyl sites for hydroxylation is 1. The topological polar surface area (TPSA) is 63.8 Å². The molecule has 18 heavy (non-hydrogen) atoms. The highest BCUT2D eigenvalue weighted by molar-refractivity contribution is 5.28. The smallest absolute Gasteiger partial charge is 0.131 e. The predicted octanol–water partition coefficient (Wildman–Crippen LogP) is 1.62. The quantitative estimate of drug-likeness (QED) is 0.641. The Balaban J connectivity index is 2.41. The number of hydrogen-bond donors (Lipinski definition) is 2. The highest BCUT2D eigenvalue weighted by Gasteiger charge is 2.18. The van der Waals surface area contributed by atoms with Gasteiger partial charge in [-0.1, -0.05) is 6.07 Å². The minimum Gasteiger partial charge on any atom is -0.271 e. The molecule has 94 valence electrons. The lowest BCUT2D eigenvalue weighted by atomic mass is 10.0. The number of hydrogen-bond acceptors (Lipinski definition) is 4. The lowest BCUT2D eigenvalue weighted by Crippen LogP contribution is -2.30. The summed E-state index contributed by atoms with van der Waals surface area (Å²) in [4.78, 5) is 8.19. The molecular weight excluding hydrogens is 238 g/mol. The number of benzene rings is 1. The third-order valence-electron chi connectivity index (χ3n) is 2.54. The van der Waals surface area contributed by atoms with Crippen LogP contribution in [0.15, 0.2) is 30.6 Å². The van der Waals surface area contributed by atoms with E-state index in [4.69, 9.17) is 5.84 Å². The molecule has 1 aromatic heterocycles. The van der Waals surface area contributed by atoms with Gasteiger partial charge in [-0.15, -0.1) is 0 Å². The fourth-order valence-corrected chi connectivity index (χ4v) is 1.62. The van der Waals surface area contributed by atoms with Crippen LogP contribution >= 0.6 is 0 Å². The summed E-state index contributed by atoms with van der Waals surface area (Å²) in [6, 6.07) is 2.64. The van der Waals surface area contributed by atoms with Crippen molar-refractivity contribution in [3.63, 3.8) is 0 Å². The van der Waals surface area contributed by atoms with Gasteiger partial charge in [0.2, 0.25) is 0 Å². The van der Waals surface area contributed by atoms with Crippen molar-refractivity contribution in [2.45, 2.75) is 13.0 Å². The molecular formula is C12H12F2N4. The van der Waals surface area contributed by atoms with Gasteiger partial charge >= 0.3 is 0 Å². The highest BCUT2D eigenvalue weighted by Crippen LogP contribution is 2.22. The lowest BCUT2D eigenvalue weighted by Gasteiger charge is -2.16. The largest absolute Gasteiger partial charge is 0.271 e. The van der Waals surface area contributed by atoms with E-state index in [1.54, 1.807) is 13.1 Å². The number of hydrazine groups is 1. The van der Waals surface area contributed by atoms with E-state index in [-0.39, 0.29) is 5.56 Å². The molecule has 1 unspecified atom stereocenters. The van der Waals surface area contributed by atoms with Gasteiger partial charge in [0.15, 0.2) is 0 Å². The maximum Gasteiger partial charge on any atom is 0.131 e. The average molecular weight is 250 g/mol. The first-order valence-electron chi connectivity index (χ1n) is 5.31. The second-order valence-electron chi connectivity index (χ2n) is 3.85. The SMILES string of the molecule is Cc1cnc(C(NN)c2ccc(F)cc2F)cn1. The first-order valence-corrected chi connectivity index (χ1v) is 5.31. The van der Waals surface area contributed by atoms with Gasteiger partial charge in [-0.3, -0.25) is 15.8 Å². The second kappa shape index (κ2) is 5.16. The van der Waals surface area contributed by atoms with Gasteiger partial charge in [0, 0.05) is 17.8 Å². The first-order chi connectivity index (χ1) is 8.61. The van der Waals surface area contributed by atoms with Gasteiger partial charge in [0.1, 0.15) is 11.6 Å². The van der Waals surface area contributed by atoms with E-state index >= 15 is 0 Å². The van der Waals surface area contributed by atoms with Gasteiger partial charge in [0.25, 0.3) is 0 Å². The second-order valence-corrected chi connectivity index (χ2v) is 3.85. The van der Waals surface area contributed by atoms with Gasteiger partial charge in [-0.2, -0.15) is 0 Å². The molecule has 0 bridgehead atoms. The van der Waals surface area contributed by atoms with Crippen LogP contribution in [-0.4, -0.2) is 9.97 Å². The molecule has 4 nitrogen and oxygen atoms in total. The summed E-state index contributed by atoms with van der Waals surface area (Å²) in [5.41, 5.74) is 3.88. The Morgan fingerprint density at radius 2 is 2.00 bits per heavy atom. The Hall–Kier alpha value is -1.92. The Labute approximate surface area is 103 Å². The number of rotatable bonds is 3. The molecule has 0 radical (unpaired) electrons. The summed E-state index contributed by atoms with van der Waals surface area (Å²) < 4.78 is 26.5. The van der Waals surface area contributed by atoms with Crippen molar-refractivity contribution in [1.82, 2.24) is 15.4 Å². The van der Waals surface area contributed by atoms with Crippen molar-refractivity contribution < 1.29 is 8.78 Å². The number of halogens is 2. The molecule has 0 saturated carbocycles. The minimum atomic E-state index is -0.680. The van der Waals surface area contributed by atoms with Crippen molar-refractivity contribution in [2.24, 2.45) is 5.84 Å². The fraction of sp³-hybridized carbons (Fsp3) is 0.167. The van der Waals surface area contributed by atoms with Crippen LogP contribution in [0.25, 0.3) is 0 Å². The van der Waals surface area contributed by atoms with Crippen LogP contribution in [0.2, 0.25) is 0 Å². The van der Waals surface area contributed by atoms with Crippen molar-refractivity contribution in [3.05, 3.63) is 59.2 Å². The predicted molar refractivity (Wildman–Crippen MR) is 62.3 cm³/mol. The maximum absolute atomic E-state index is 13.7. The first kappa shape index (κ1) is 12.5. The van der Waals surface area contributed by atoms with Crippen LogP contribution in [0.5, 0.6) is 0 Å². The molecule has 2 aromatic rings. The molecule has 0 spiro atoms. The Bertz CT molecular complexity index is 542. The zero-order chi connectivity index (χ0) is 13.1. The molecule has 0 aliphatic carbocycles. The molecule has 1 aromatic carbocycles.